The number of rotatable bonds is 4. The van der Waals surface area contributed by atoms with E-state index in [4.69, 9.17) is 4.74 Å². The molecule has 0 spiro atoms. The molecule has 1 aliphatic rings. The van der Waals surface area contributed by atoms with Gasteiger partial charge in [-0.1, -0.05) is 6.92 Å². The molecular formula is C14H24N4O. The molecule has 1 aliphatic heterocycles. The molecule has 0 saturated carbocycles. The number of piperidine rings is 1. The maximum absolute atomic E-state index is 5.46. The van der Waals surface area contributed by atoms with Crippen LogP contribution in [0.3, 0.4) is 0 Å². The van der Waals surface area contributed by atoms with Gasteiger partial charge in [0.1, 0.15) is 0 Å². The number of anilines is 1. The van der Waals surface area contributed by atoms with Gasteiger partial charge in [0.25, 0.3) is 0 Å². The Hall–Kier alpha value is -1.36. The Morgan fingerprint density at radius 1 is 1.47 bits per heavy atom. The van der Waals surface area contributed by atoms with Gasteiger partial charge < -0.3 is 15.0 Å². The first-order chi connectivity index (χ1) is 9.08. The summed E-state index contributed by atoms with van der Waals surface area (Å²) in [7, 11) is 2.17. The van der Waals surface area contributed by atoms with Crippen molar-refractivity contribution in [2.24, 2.45) is 5.92 Å². The van der Waals surface area contributed by atoms with E-state index < -0.39 is 0 Å². The number of hydrogen-bond acceptors (Lipinski definition) is 5. The van der Waals surface area contributed by atoms with Crippen molar-refractivity contribution in [3.05, 3.63) is 11.8 Å². The highest BCUT2D eigenvalue weighted by atomic mass is 16.5. The zero-order chi connectivity index (χ0) is 13.8. The van der Waals surface area contributed by atoms with E-state index in [0.29, 0.717) is 30.4 Å². The summed E-state index contributed by atoms with van der Waals surface area (Å²) >= 11 is 0. The standard InChI is InChI=1S/C14H24N4O/c1-5-19-13-8-11(3)15-14(17-13)16-12-6-7-18(4)9-10(12)2/h8,10,12H,5-7,9H2,1-4H3,(H,15,16,17). The molecule has 0 bridgehead atoms. The minimum absolute atomic E-state index is 0.437. The Labute approximate surface area is 115 Å². The first-order valence-corrected chi connectivity index (χ1v) is 7.02. The van der Waals surface area contributed by atoms with E-state index in [-0.39, 0.29) is 0 Å². The molecule has 1 aromatic rings. The van der Waals surface area contributed by atoms with Gasteiger partial charge in [0, 0.05) is 24.3 Å². The number of likely N-dealkylation sites (tertiary alicyclic amines) is 1. The Bertz CT molecular complexity index is 424. The number of aryl methyl sites for hydroxylation is 1. The quantitative estimate of drug-likeness (QED) is 0.900. The maximum atomic E-state index is 5.46. The van der Waals surface area contributed by atoms with Gasteiger partial charge in [-0.2, -0.15) is 4.98 Å². The number of ether oxygens (including phenoxy) is 1. The van der Waals surface area contributed by atoms with Gasteiger partial charge in [-0.3, -0.25) is 0 Å². The van der Waals surface area contributed by atoms with Gasteiger partial charge in [-0.15, -0.1) is 0 Å². The highest BCUT2D eigenvalue weighted by Gasteiger charge is 2.24. The molecule has 2 heterocycles. The number of hydrogen-bond donors (Lipinski definition) is 1. The smallest absolute Gasteiger partial charge is 0.226 e. The van der Waals surface area contributed by atoms with Crippen molar-refractivity contribution in [2.75, 3.05) is 32.1 Å². The Kier molecular flexibility index (Phi) is 4.58. The van der Waals surface area contributed by atoms with E-state index in [1.165, 1.54) is 0 Å². The fraction of sp³-hybridized carbons (Fsp3) is 0.714. The van der Waals surface area contributed by atoms with Gasteiger partial charge in [-0.05, 0) is 39.8 Å². The molecule has 2 atom stereocenters. The number of nitrogens with zero attached hydrogens (tertiary/aromatic N) is 3. The second kappa shape index (κ2) is 6.19. The molecule has 2 unspecified atom stereocenters. The molecule has 0 radical (unpaired) electrons. The molecule has 5 nitrogen and oxygen atoms in total. The molecule has 1 aromatic heterocycles. The predicted molar refractivity (Wildman–Crippen MR) is 76.6 cm³/mol. The van der Waals surface area contributed by atoms with E-state index in [2.05, 4.69) is 34.2 Å². The van der Waals surface area contributed by atoms with Crippen LogP contribution in [0.4, 0.5) is 5.95 Å². The normalized spacial score (nSPS) is 24.2. The second-order valence-electron chi connectivity index (χ2n) is 5.38. The fourth-order valence-corrected chi connectivity index (χ4v) is 2.56. The summed E-state index contributed by atoms with van der Waals surface area (Å²) in [5.41, 5.74) is 0.932. The van der Waals surface area contributed by atoms with Gasteiger partial charge in [0.2, 0.25) is 11.8 Å². The Morgan fingerprint density at radius 3 is 2.95 bits per heavy atom. The maximum Gasteiger partial charge on any atom is 0.226 e. The monoisotopic (exact) mass is 264 g/mol. The molecule has 1 fully saturated rings. The molecular weight excluding hydrogens is 240 g/mol. The van der Waals surface area contributed by atoms with Gasteiger partial charge in [0.15, 0.2) is 0 Å². The molecule has 19 heavy (non-hydrogen) atoms. The molecule has 0 amide bonds. The average molecular weight is 264 g/mol. The number of nitrogens with one attached hydrogen (secondary N) is 1. The van der Waals surface area contributed by atoms with Crippen LogP contribution in [0.5, 0.6) is 5.88 Å². The molecule has 1 saturated heterocycles. The van der Waals surface area contributed by atoms with E-state index in [1.807, 2.05) is 19.9 Å². The summed E-state index contributed by atoms with van der Waals surface area (Å²) in [6.07, 6.45) is 1.12. The van der Waals surface area contributed by atoms with Crippen molar-refractivity contribution < 1.29 is 4.74 Å². The lowest BCUT2D eigenvalue weighted by molar-refractivity contribution is 0.205. The van der Waals surface area contributed by atoms with Crippen molar-refractivity contribution in [3.63, 3.8) is 0 Å². The molecule has 2 rings (SSSR count). The van der Waals surface area contributed by atoms with Crippen LogP contribution < -0.4 is 10.1 Å². The van der Waals surface area contributed by atoms with Crippen LogP contribution in [0.2, 0.25) is 0 Å². The summed E-state index contributed by atoms with van der Waals surface area (Å²) in [5.74, 6) is 1.93. The third kappa shape index (κ3) is 3.80. The zero-order valence-corrected chi connectivity index (χ0v) is 12.3. The van der Waals surface area contributed by atoms with Crippen LogP contribution in [-0.4, -0.2) is 47.7 Å². The first-order valence-electron chi connectivity index (χ1n) is 7.02. The van der Waals surface area contributed by atoms with Crippen LogP contribution in [0, 0.1) is 12.8 Å². The minimum atomic E-state index is 0.437. The van der Waals surface area contributed by atoms with Crippen molar-refractivity contribution in [1.82, 2.24) is 14.9 Å². The molecule has 5 heteroatoms. The summed E-state index contributed by atoms with van der Waals surface area (Å²) in [6.45, 7) is 9.05. The van der Waals surface area contributed by atoms with Crippen LogP contribution in [-0.2, 0) is 0 Å². The van der Waals surface area contributed by atoms with E-state index >= 15 is 0 Å². The lowest BCUT2D eigenvalue weighted by Crippen LogP contribution is -2.43. The van der Waals surface area contributed by atoms with Crippen LogP contribution in [0.1, 0.15) is 26.0 Å². The average Bonchev–Trinajstić information content (AvgIpc) is 2.32. The van der Waals surface area contributed by atoms with Crippen LogP contribution in [0.25, 0.3) is 0 Å². The number of aromatic nitrogens is 2. The van der Waals surface area contributed by atoms with Crippen molar-refractivity contribution in [1.29, 1.82) is 0 Å². The van der Waals surface area contributed by atoms with Gasteiger partial charge in [-0.25, -0.2) is 4.98 Å². The second-order valence-corrected chi connectivity index (χ2v) is 5.38. The Morgan fingerprint density at radius 2 is 2.26 bits per heavy atom. The van der Waals surface area contributed by atoms with Gasteiger partial charge in [0.05, 0.1) is 6.61 Å². The summed E-state index contributed by atoms with van der Waals surface area (Å²) in [5, 5.41) is 3.46. The first kappa shape index (κ1) is 14.1. The van der Waals surface area contributed by atoms with Crippen LogP contribution in [0.15, 0.2) is 6.07 Å². The SMILES string of the molecule is CCOc1cc(C)nc(NC2CCN(C)CC2C)n1. The predicted octanol–water partition coefficient (Wildman–Crippen LogP) is 1.94. The van der Waals surface area contributed by atoms with Crippen molar-refractivity contribution in [3.8, 4) is 5.88 Å². The largest absolute Gasteiger partial charge is 0.478 e. The topological polar surface area (TPSA) is 50.3 Å². The van der Waals surface area contributed by atoms with E-state index in [1.54, 1.807) is 0 Å². The molecule has 0 aliphatic carbocycles. The molecule has 106 valence electrons. The van der Waals surface area contributed by atoms with Crippen molar-refractivity contribution >= 4 is 5.95 Å². The lowest BCUT2D eigenvalue weighted by Gasteiger charge is -2.35. The fourth-order valence-electron chi connectivity index (χ4n) is 2.56. The molecule has 1 N–H and O–H groups in total. The van der Waals surface area contributed by atoms with E-state index in [9.17, 15) is 0 Å². The third-order valence-corrected chi connectivity index (χ3v) is 3.55. The van der Waals surface area contributed by atoms with E-state index in [0.717, 1.165) is 25.2 Å². The Balaban J connectivity index is 2.05. The molecule has 0 aromatic carbocycles. The van der Waals surface area contributed by atoms with Crippen molar-refractivity contribution in [2.45, 2.75) is 33.2 Å². The minimum Gasteiger partial charge on any atom is -0.478 e. The highest BCUT2D eigenvalue weighted by Crippen LogP contribution is 2.20. The summed E-state index contributed by atoms with van der Waals surface area (Å²) in [6, 6.07) is 2.31. The third-order valence-electron chi connectivity index (χ3n) is 3.55. The summed E-state index contributed by atoms with van der Waals surface area (Å²) in [4.78, 5) is 11.2. The zero-order valence-electron chi connectivity index (χ0n) is 12.3. The summed E-state index contributed by atoms with van der Waals surface area (Å²) < 4.78 is 5.46. The highest BCUT2D eigenvalue weighted by molar-refractivity contribution is 5.32. The van der Waals surface area contributed by atoms with Crippen LogP contribution >= 0.6 is 0 Å². The van der Waals surface area contributed by atoms with Gasteiger partial charge >= 0.3 is 0 Å². The lowest BCUT2D eigenvalue weighted by atomic mass is 9.94.